The smallest absolute Gasteiger partial charge is 0.236 e. The summed E-state index contributed by atoms with van der Waals surface area (Å²) in [6.45, 7) is 0.357. The van der Waals surface area contributed by atoms with Gasteiger partial charge in [-0.3, -0.25) is 4.79 Å². The van der Waals surface area contributed by atoms with Gasteiger partial charge in [0.05, 0.1) is 17.4 Å². The van der Waals surface area contributed by atoms with E-state index in [9.17, 15) is 4.79 Å². The Balaban J connectivity index is 2.32. The molecule has 0 fully saturated rings. The Hall–Kier alpha value is -1.88. The Bertz CT molecular complexity index is 491. The lowest BCUT2D eigenvalue weighted by atomic mass is 10.2. The second kappa shape index (κ2) is 3.70. The number of benzene rings is 1. The van der Waals surface area contributed by atoms with Crippen LogP contribution in [0.3, 0.4) is 0 Å². The van der Waals surface area contributed by atoms with E-state index >= 15 is 0 Å². The predicted octanol–water partition coefficient (Wildman–Crippen LogP) is -0.151. The standard InChI is InChI=1S/C10H12N4O/c11-7(10(12)15)5-14-6-13-8-3-1-2-4-9(8)14/h1-4,6-7H,5,11H2,(H2,12,15). The predicted molar refractivity (Wildman–Crippen MR) is 56.9 cm³/mol. The van der Waals surface area contributed by atoms with Gasteiger partial charge in [-0.2, -0.15) is 0 Å². The number of aromatic nitrogens is 2. The van der Waals surface area contributed by atoms with Crippen molar-refractivity contribution in [1.82, 2.24) is 9.55 Å². The number of hydrogen-bond donors (Lipinski definition) is 2. The highest BCUT2D eigenvalue weighted by atomic mass is 16.1. The first kappa shape index (κ1) is 9.67. The van der Waals surface area contributed by atoms with Crippen molar-refractivity contribution in [2.75, 3.05) is 0 Å². The van der Waals surface area contributed by atoms with E-state index in [2.05, 4.69) is 4.98 Å². The van der Waals surface area contributed by atoms with Gasteiger partial charge in [-0.25, -0.2) is 4.98 Å². The molecule has 2 aromatic rings. The molecule has 1 unspecified atom stereocenters. The molecule has 1 aromatic carbocycles. The molecular formula is C10H12N4O. The molecule has 1 amide bonds. The molecule has 2 rings (SSSR count). The van der Waals surface area contributed by atoms with Gasteiger partial charge in [0.1, 0.15) is 6.04 Å². The quantitative estimate of drug-likeness (QED) is 0.728. The lowest BCUT2D eigenvalue weighted by Crippen LogP contribution is -2.39. The van der Waals surface area contributed by atoms with Gasteiger partial charge in [0, 0.05) is 6.54 Å². The SMILES string of the molecule is NC(=O)C(N)Cn1cnc2ccccc21. The summed E-state index contributed by atoms with van der Waals surface area (Å²) in [6, 6.07) is 6.98. The molecule has 0 radical (unpaired) electrons. The third-order valence-electron chi connectivity index (χ3n) is 2.29. The number of hydrogen-bond acceptors (Lipinski definition) is 3. The van der Waals surface area contributed by atoms with Crippen LogP contribution in [-0.2, 0) is 11.3 Å². The van der Waals surface area contributed by atoms with Crippen molar-refractivity contribution >= 4 is 16.9 Å². The monoisotopic (exact) mass is 204 g/mol. The van der Waals surface area contributed by atoms with Crippen molar-refractivity contribution in [3.63, 3.8) is 0 Å². The number of nitrogens with zero attached hydrogens (tertiary/aromatic N) is 2. The van der Waals surface area contributed by atoms with Crippen LogP contribution in [0.5, 0.6) is 0 Å². The molecule has 1 atom stereocenters. The number of amides is 1. The molecule has 4 N–H and O–H groups in total. The highest BCUT2D eigenvalue weighted by Gasteiger charge is 2.11. The molecule has 5 heteroatoms. The molecule has 78 valence electrons. The van der Waals surface area contributed by atoms with E-state index in [0.717, 1.165) is 11.0 Å². The van der Waals surface area contributed by atoms with Crippen molar-refractivity contribution in [1.29, 1.82) is 0 Å². The van der Waals surface area contributed by atoms with E-state index in [1.54, 1.807) is 6.33 Å². The summed E-state index contributed by atoms with van der Waals surface area (Å²) in [6.07, 6.45) is 1.66. The number of carbonyl (C=O) groups excluding carboxylic acids is 1. The fourth-order valence-corrected chi connectivity index (χ4v) is 1.46. The van der Waals surface area contributed by atoms with Crippen LogP contribution < -0.4 is 11.5 Å². The van der Waals surface area contributed by atoms with Crippen LogP contribution in [0.15, 0.2) is 30.6 Å². The van der Waals surface area contributed by atoms with Crippen LogP contribution in [0.1, 0.15) is 0 Å². The fraction of sp³-hybridized carbons (Fsp3) is 0.200. The number of rotatable bonds is 3. The molecule has 1 heterocycles. The van der Waals surface area contributed by atoms with Crippen molar-refractivity contribution in [2.24, 2.45) is 11.5 Å². The zero-order valence-electron chi connectivity index (χ0n) is 8.13. The average molecular weight is 204 g/mol. The van der Waals surface area contributed by atoms with E-state index in [1.165, 1.54) is 0 Å². The van der Waals surface area contributed by atoms with Crippen LogP contribution in [0.4, 0.5) is 0 Å². The molecule has 0 aliphatic heterocycles. The van der Waals surface area contributed by atoms with Gasteiger partial charge >= 0.3 is 0 Å². The van der Waals surface area contributed by atoms with Gasteiger partial charge < -0.3 is 16.0 Å². The molecule has 0 saturated heterocycles. The summed E-state index contributed by atoms with van der Waals surface area (Å²) < 4.78 is 1.82. The Morgan fingerprint density at radius 1 is 1.47 bits per heavy atom. The largest absolute Gasteiger partial charge is 0.368 e. The molecule has 1 aromatic heterocycles. The summed E-state index contributed by atoms with van der Waals surface area (Å²) >= 11 is 0. The van der Waals surface area contributed by atoms with E-state index in [1.807, 2.05) is 28.8 Å². The Kier molecular flexibility index (Phi) is 2.39. The first-order chi connectivity index (χ1) is 7.18. The second-order valence-corrected chi connectivity index (χ2v) is 3.39. The molecular weight excluding hydrogens is 192 g/mol. The van der Waals surface area contributed by atoms with E-state index < -0.39 is 11.9 Å². The van der Waals surface area contributed by atoms with Gasteiger partial charge in [0.15, 0.2) is 0 Å². The van der Waals surface area contributed by atoms with Crippen LogP contribution in [-0.4, -0.2) is 21.5 Å². The van der Waals surface area contributed by atoms with Crippen molar-refractivity contribution in [2.45, 2.75) is 12.6 Å². The summed E-state index contributed by atoms with van der Waals surface area (Å²) in [4.78, 5) is 15.0. The van der Waals surface area contributed by atoms with Gasteiger partial charge in [0.25, 0.3) is 0 Å². The maximum Gasteiger partial charge on any atom is 0.236 e. The van der Waals surface area contributed by atoms with Crippen molar-refractivity contribution < 1.29 is 4.79 Å². The van der Waals surface area contributed by atoms with Gasteiger partial charge in [0.2, 0.25) is 5.91 Å². The van der Waals surface area contributed by atoms with E-state index in [0.29, 0.717) is 6.54 Å². The lowest BCUT2D eigenvalue weighted by molar-refractivity contribution is -0.119. The molecule has 0 spiro atoms. The fourth-order valence-electron chi connectivity index (χ4n) is 1.46. The van der Waals surface area contributed by atoms with Gasteiger partial charge in [-0.15, -0.1) is 0 Å². The molecule has 0 bridgehead atoms. The zero-order chi connectivity index (χ0) is 10.8. The van der Waals surface area contributed by atoms with Crippen LogP contribution in [0.2, 0.25) is 0 Å². The Morgan fingerprint density at radius 2 is 2.20 bits per heavy atom. The number of para-hydroxylation sites is 2. The molecule has 0 saturated carbocycles. The highest BCUT2D eigenvalue weighted by molar-refractivity contribution is 5.80. The number of primary amides is 1. The lowest BCUT2D eigenvalue weighted by Gasteiger charge is -2.08. The summed E-state index contributed by atoms with van der Waals surface area (Å²) in [5, 5.41) is 0. The van der Waals surface area contributed by atoms with Gasteiger partial charge in [-0.1, -0.05) is 12.1 Å². The Labute approximate surface area is 86.7 Å². The maximum atomic E-state index is 10.8. The first-order valence-electron chi connectivity index (χ1n) is 4.63. The number of carbonyl (C=O) groups is 1. The second-order valence-electron chi connectivity index (χ2n) is 3.39. The molecule has 0 aliphatic rings. The van der Waals surface area contributed by atoms with Crippen LogP contribution in [0.25, 0.3) is 11.0 Å². The number of imidazole rings is 1. The van der Waals surface area contributed by atoms with E-state index in [-0.39, 0.29) is 0 Å². The molecule has 5 nitrogen and oxygen atoms in total. The number of nitrogens with two attached hydrogens (primary N) is 2. The summed E-state index contributed by atoms with van der Waals surface area (Å²) in [7, 11) is 0. The van der Waals surface area contributed by atoms with Gasteiger partial charge in [-0.05, 0) is 12.1 Å². The topological polar surface area (TPSA) is 86.9 Å². The average Bonchev–Trinajstić information content (AvgIpc) is 2.62. The summed E-state index contributed by atoms with van der Waals surface area (Å²) in [5.74, 6) is -0.507. The van der Waals surface area contributed by atoms with Crippen molar-refractivity contribution in [3.8, 4) is 0 Å². The normalized spacial score (nSPS) is 12.9. The minimum atomic E-state index is -0.678. The number of fused-ring (bicyclic) bond motifs is 1. The third-order valence-corrected chi connectivity index (χ3v) is 2.29. The minimum Gasteiger partial charge on any atom is -0.368 e. The minimum absolute atomic E-state index is 0.357. The van der Waals surface area contributed by atoms with Crippen molar-refractivity contribution in [3.05, 3.63) is 30.6 Å². The van der Waals surface area contributed by atoms with Crippen LogP contribution >= 0.6 is 0 Å². The van der Waals surface area contributed by atoms with E-state index in [4.69, 9.17) is 11.5 Å². The molecule has 0 aliphatic carbocycles. The third kappa shape index (κ3) is 1.82. The zero-order valence-corrected chi connectivity index (χ0v) is 8.13. The Morgan fingerprint density at radius 3 is 2.93 bits per heavy atom. The van der Waals surface area contributed by atoms with Crippen LogP contribution in [0, 0.1) is 0 Å². The first-order valence-corrected chi connectivity index (χ1v) is 4.63. The molecule has 15 heavy (non-hydrogen) atoms. The summed E-state index contributed by atoms with van der Waals surface area (Å²) in [5.41, 5.74) is 12.5. The maximum absolute atomic E-state index is 10.8. The highest BCUT2D eigenvalue weighted by Crippen LogP contribution is 2.11.